The third-order valence-corrected chi connectivity index (χ3v) is 20.8. The number of aromatic nitrogens is 7. The maximum Gasteiger partial charge on any atom is 0.271 e. The van der Waals surface area contributed by atoms with Gasteiger partial charge in [-0.3, -0.25) is 33.6 Å². The van der Waals surface area contributed by atoms with Crippen LogP contribution in [0.15, 0.2) is 64.0 Å². The van der Waals surface area contributed by atoms with E-state index >= 15 is 0 Å². The average molecular weight is 1350 g/mol. The number of benzene rings is 1. The largest absolute Gasteiger partial charge is 0.386 e. The predicted molar refractivity (Wildman–Crippen MR) is 351 cm³/mol. The van der Waals surface area contributed by atoms with Gasteiger partial charge >= 0.3 is 0 Å². The molecule has 1 fully saturated rings. The molecule has 1 saturated carbocycles. The summed E-state index contributed by atoms with van der Waals surface area (Å²) in [5, 5.41) is 44.7. The molecular formula is C60H68N16O9S6. The van der Waals surface area contributed by atoms with Crippen molar-refractivity contribution in [3.63, 3.8) is 0 Å². The van der Waals surface area contributed by atoms with Gasteiger partial charge in [-0.2, -0.15) is 0 Å². The fourth-order valence-electron chi connectivity index (χ4n) is 10.3. The molecule has 10 rings (SSSR count). The minimum atomic E-state index is -1.28. The number of thiazole rings is 6. The summed E-state index contributed by atoms with van der Waals surface area (Å²) in [6.45, 7) is 7.59. The molecular weight excluding hydrogens is 1280 g/mol. The number of ether oxygens (including phenoxy) is 1. The molecule has 0 unspecified atom stereocenters. The van der Waals surface area contributed by atoms with Crippen molar-refractivity contribution in [1.29, 1.82) is 0 Å². The summed E-state index contributed by atoms with van der Waals surface area (Å²) in [4.78, 5) is 131. The number of anilines is 1. The van der Waals surface area contributed by atoms with Gasteiger partial charge in [0.15, 0.2) is 0 Å². The van der Waals surface area contributed by atoms with Crippen LogP contribution in [0.25, 0.3) is 43.4 Å². The lowest BCUT2D eigenvalue weighted by Crippen LogP contribution is -2.40. The number of carbonyl (C=O) groups is 7. The van der Waals surface area contributed by atoms with Crippen LogP contribution < -0.4 is 48.3 Å². The Kier molecular flexibility index (Phi) is 22.3. The second kappa shape index (κ2) is 30.6. The van der Waals surface area contributed by atoms with Crippen molar-refractivity contribution >= 4 is 115 Å². The standard InChI is InChI=1S/C60H68N16O9S6/c1-29(2)44-60-76-47(40(91-60)24-85-5)53(83)65-23-43(78)73-48(49(79)31-10-7-6-8-11-31)59-70-39(27-88-59)57-68-37(25-87-57)46-34(55-69-38(26-86-55)52(82)67-36(22-42(77)62-4)58-75-45(30(3)90-58)54(84)74-44)16-17-35(66-46)56-72-41(28-89-56)71-51(81)33-14-12-32(13-15-33)50(80)64-20-9-19-63-21-18-61/h6-8,10-11,16-17,25-29,32-33,36,44,48-49,63,79H,9,12-15,18-24,61H2,1-5H3,(H,62,77)(H,64,80)(H,65,83)(H,67,82)(H,71,81)(H,73,78)(H,74,84)/t32-,33-,36-,44-,48-,49-/m0/s1. The molecule has 4 atom stereocenters. The van der Waals surface area contributed by atoms with Crippen molar-refractivity contribution < 1.29 is 43.4 Å². The van der Waals surface area contributed by atoms with E-state index < -0.39 is 60.3 Å². The molecule has 7 aromatic heterocycles. The molecule has 1 aromatic carbocycles. The number of aliphatic hydroxyl groups excluding tert-OH is 1. The van der Waals surface area contributed by atoms with Crippen molar-refractivity contribution in [3.05, 3.63) is 111 Å². The van der Waals surface area contributed by atoms with Crippen LogP contribution in [-0.2, 0) is 30.5 Å². The van der Waals surface area contributed by atoms with Crippen LogP contribution in [0.4, 0.5) is 5.82 Å². The zero-order valence-electron chi connectivity index (χ0n) is 50.2. The quantitative estimate of drug-likeness (QED) is 0.0406. The Morgan fingerprint density at radius 3 is 2.13 bits per heavy atom. The third kappa shape index (κ3) is 16.1. The molecule has 2 aliphatic rings. The minimum Gasteiger partial charge on any atom is -0.386 e. The highest BCUT2D eigenvalue weighted by molar-refractivity contribution is 7.15. The number of aryl methyl sites for hydroxylation is 1. The zero-order chi connectivity index (χ0) is 64.3. The Morgan fingerprint density at radius 1 is 0.681 bits per heavy atom. The molecule has 1 aliphatic carbocycles. The first-order valence-corrected chi connectivity index (χ1v) is 34.6. The first kappa shape index (κ1) is 66.2. The van der Waals surface area contributed by atoms with Crippen LogP contribution in [0.5, 0.6) is 0 Å². The lowest BCUT2D eigenvalue weighted by atomic mass is 9.81. The van der Waals surface area contributed by atoms with Gasteiger partial charge in [0.05, 0.1) is 42.2 Å². The lowest BCUT2D eigenvalue weighted by molar-refractivity contribution is -0.128. The maximum atomic E-state index is 14.4. The number of hydrogen-bond acceptors (Lipinski definition) is 24. The van der Waals surface area contributed by atoms with Gasteiger partial charge in [0.2, 0.25) is 23.6 Å². The Bertz CT molecular complexity index is 3910. The average Bonchev–Trinajstić information content (AvgIpc) is 1.95. The van der Waals surface area contributed by atoms with Crippen LogP contribution in [0.2, 0.25) is 0 Å². The van der Waals surface area contributed by atoms with E-state index in [4.69, 9.17) is 45.4 Å². The van der Waals surface area contributed by atoms with Crippen LogP contribution >= 0.6 is 68.0 Å². The number of carbonyl (C=O) groups excluding carboxylic acids is 7. The number of amides is 7. The molecule has 91 heavy (non-hydrogen) atoms. The predicted octanol–water partition coefficient (Wildman–Crippen LogP) is 7.11. The maximum absolute atomic E-state index is 14.4. The Labute approximate surface area is 547 Å². The summed E-state index contributed by atoms with van der Waals surface area (Å²) in [5.74, 6) is -3.38. The van der Waals surface area contributed by atoms with Gasteiger partial charge in [0.25, 0.3) is 17.7 Å². The molecule has 0 saturated heterocycles. The SMILES string of the molecule is CNC(=O)C[C@@H]1NC(=O)c2csc(n2)-c2ccc(-c3nc(NC(=O)[C@H]4CC[C@H](C(=O)NCCCNCCN)CC4)cs3)nc2-c2csc(n2)-c2csc(n2)[C@H]([C@@H](O)c2ccccc2)NC(=O)CNC(=O)c2nc(sc2COC)[C@H](C(C)C)NC(=O)c2nc1sc2C. The number of rotatable bonds is 17. The molecule has 31 heteroatoms. The van der Waals surface area contributed by atoms with Gasteiger partial charge in [-0.1, -0.05) is 44.2 Å². The summed E-state index contributed by atoms with van der Waals surface area (Å²) in [7, 11) is 2.95. The van der Waals surface area contributed by atoms with E-state index in [9.17, 15) is 38.7 Å². The second-order valence-corrected chi connectivity index (χ2v) is 27.7. The molecule has 0 spiro atoms. The van der Waals surface area contributed by atoms with Crippen LogP contribution in [0.3, 0.4) is 0 Å². The topological polar surface area (TPSA) is 361 Å². The molecule has 8 aromatic rings. The number of aliphatic hydroxyl groups is 1. The van der Waals surface area contributed by atoms with Gasteiger partial charge in [-0.05, 0) is 69.2 Å². The number of nitrogens with one attached hydrogen (secondary N) is 8. The van der Waals surface area contributed by atoms with Crippen molar-refractivity contribution in [1.82, 2.24) is 72.1 Å². The Balaban J connectivity index is 0.973. The van der Waals surface area contributed by atoms with Crippen molar-refractivity contribution in [3.8, 4) is 43.4 Å². The summed E-state index contributed by atoms with van der Waals surface area (Å²) in [6.07, 6.45) is 1.62. The molecule has 25 nitrogen and oxygen atoms in total. The fourth-order valence-corrected chi connectivity index (χ4v) is 15.8. The minimum absolute atomic E-state index is 0.000610. The van der Waals surface area contributed by atoms with E-state index in [0.717, 1.165) is 30.8 Å². The first-order chi connectivity index (χ1) is 44.0. The number of fused-ring (bicyclic) bond motifs is 14. The number of nitrogens with two attached hydrogens (primary N) is 1. The summed E-state index contributed by atoms with van der Waals surface area (Å²) >= 11 is 7.26. The van der Waals surface area contributed by atoms with E-state index in [0.29, 0.717) is 118 Å². The van der Waals surface area contributed by atoms with Crippen LogP contribution in [0, 0.1) is 24.7 Å². The van der Waals surface area contributed by atoms with Gasteiger partial charge in [0, 0.05) is 77.6 Å². The van der Waals surface area contributed by atoms with E-state index in [1.807, 2.05) is 19.9 Å². The molecule has 7 amide bonds. The van der Waals surface area contributed by atoms with Gasteiger partial charge in [-0.25, -0.2) is 34.9 Å². The van der Waals surface area contributed by atoms with Crippen LogP contribution in [-0.4, -0.2) is 128 Å². The van der Waals surface area contributed by atoms with Crippen molar-refractivity contribution in [2.45, 2.75) is 90.1 Å². The molecule has 8 heterocycles. The zero-order valence-corrected chi connectivity index (χ0v) is 55.1. The number of nitrogens with zero attached hydrogens (tertiary/aromatic N) is 7. The van der Waals surface area contributed by atoms with Gasteiger partial charge in [-0.15, -0.1) is 68.0 Å². The molecule has 1 aliphatic heterocycles. The van der Waals surface area contributed by atoms with Crippen LogP contribution in [0.1, 0.15) is 138 Å². The van der Waals surface area contributed by atoms with Crippen molar-refractivity contribution in [2.75, 3.05) is 52.2 Å². The van der Waals surface area contributed by atoms with E-state index in [1.54, 1.807) is 64.8 Å². The normalized spacial score (nSPS) is 18.5. The highest BCUT2D eigenvalue weighted by Gasteiger charge is 2.34. The second-order valence-electron chi connectivity index (χ2n) is 21.9. The molecule has 0 radical (unpaired) electrons. The number of hydrogen-bond donors (Lipinski definition) is 10. The summed E-state index contributed by atoms with van der Waals surface area (Å²) < 4.78 is 5.46. The lowest BCUT2D eigenvalue weighted by Gasteiger charge is -2.26. The summed E-state index contributed by atoms with van der Waals surface area (Å²) in [6, 6.07) is 9.57. The molecule has 10 bridgehead atoms. The van der Waals surface area contributed by atoms with Crippen molar-refractivity contribution in [2.24, 2.45) is 23.5 Å². The molecule has 11 N–H and O–H groups in total. The van der Waals surface area contributed by atoms with Gasteiger partial charge < -0.3 is 58.1 Å². The summed E-state index contributed by atoms with van der Waals surface area (Å²) in [5.41, 5.74) is 8.33. The monoisotopic (exact) mass is 1350 g/mol. The number of pyridine rings is 1. The number of methoxy groups -OCH3 is 1. The van der Waals surface area contributed by atoms with E-state index in [1.165, 1.54) is 70.8 Å². The van der Waals surface area contributed by atoms with E-state index in [-0.39, 0.29) is 59.7 Å². The Hall–Kier alpha value is -7.72. The highest BCUT2D eigenvalue weighted by Crippen LogP contribution is 2.41. The Morgan fingerprint density at radius 2 is 1.38 bits per heavy atom. The van der Waals surface area contributed by atoms with E-state index in [2.05, 4.69) is 42.5 Å². The highest BCUT2D eigenvalue weighted by atomic mass is 32.1. The first-order valence-electron chi connectivity index (χ1n) is 29.4. The smallest absolute Gasteiger partial charge is 0.271 e. The molecule has 478 valence electrons. The fraction of sp³-hybridized carbons (Fsp3) is 0.400. The third-order valence-electron chi connectivity index (χ3n) is 15.1. The van der Waals surface area contributed by atoms with Gasteiger partial charge in [0.1, 0.15) is 82.2 Å².